The smallest absolute Gasteiger partial charge is 0.368 e. The molecule has 2 rings (SSSR count). The fourth-order valence-electron chi connectivity index (χ4n) is 2.31. The minimum atomic E-state index is -0.403. The number of aryl methyl sites for hydroxylation is 2. The molecule has 0 saturated carbocycles. The number of tetrazole rings is 1. The van der Waals surface area contributed by atoms with Crippen molar-refractivity contribution in [3.8, 4) is 5.69 Å². The molecule has 0 bridgehead atoms. The quantitative estimate of drug-likeness (QED) is 0.925. The highest BCUT2D eigenvalue weighted by molar-refractivity contribution is 5.46. The first-order valence-electron chi connectivity index (χ1n) is 7.19. The summed E-state index contributed by atoms with van der Waals surface area (Å²) in [5.74, 6) is -0.318. The summed E-state index contributed by atoms with van der Waals surface area (Å²) in [6.07, 6.45) is 0.937. The third kappa shape index (κ3) is 3.09. The Morgan fingerprint density at radius 1 is 1.27 bits per heavy atom. The van der Waals surface area contributed by atoms with Gasteiger partial charge in [0.25, 0.3) is 0 Å². The number of benzene rings is 1. The minimum Gasteiger partial charge on any atom is -0.396 e. The number of nitrogens with zero attached hydrogens (tertiary/aromatic N) is 4. The second kappa shape index (κ2) is 6.00. The predicted molar refractivity (Wildman–Crippen MR) is 80.7 cm³/mol. The van der Waals surface area contributed by atoms with E-state index in [0.717, 1.165) is 4.68 Å². The summed E-state index contributed by atoms with van der Waals surface area (Å²) in [4.78, 5) is 12.1. The molecule has 1 aromatic heterocycles. The molecule has 0 aliphatic carbocycles. The highest BCUT2D eigenvalue weighted by Crippen LogP contribution is 2.29. The number of aliphatic hydroxyl groups is 1. The van der Waals surface area contributed by atoms with Gasteiger partial charge < -0.3 is 5.11 Å². The van der Waals surface area contributed by atoms with Gasteiger partial charge in [0.1, 0.15) is 5.82 Å². The van der Waals surface area contributed by atoms with Gasteiger partial charge in [0.05, 0.1) is 5.69 Å². The summed E-state index contributed by atoms with van der Waals surface area (Å²) in [6.45, 7) is 5.71. The summed E-state index contributed by atoms with van der Waals surface area (Å²) >= 11 is 0. The normalized spacial score (nSPS) is 11.9. The van der Waals surface area contributed by atoms with Gasteiger partial charge in [0.15, 0.2) is 0 Å². The molecule has 22 heavy (non-hydrogen) atoms. The van der Waals surface area contributed by atoms with Crippen LogP contribution in [-0.2, 0) is 18.9 Å². The third-order valence-corrected chi connectivity index (χ3v) is 3.53. The average molecular weight is 308 g/mol. The number of aliphatic hydroxyl groups excluding tert-OH is 1. The van der Waals surface area contributed by atoms with Crippen LogP contribution in [0, 0.1) is 5.82 Å². The van der Waals surface area contributed by atoms with Crippen LogP contribution in [0.3, 0.4) is 0 Å². The van der Waals surface area contributed by atoms with Crippen molar-refractivity contribution in [2.45, 2.75) is 39.0 Å². The summed E-state index contributed by atoms with van der Waals surface area (Å²) in [6, 6.07) is 3.07. The van der Waals surface area contributed by atoms with Crippen molar-refractivity contribution in [1.82, 2.24) is 19.8 Å². The van der Waals surface area contributed by atoms with Crippen LogP contribution in [0.4, 0.5) is 4.39 Å². The van der Waals surface area contributed by atoms with Crippen molar-refractivity contribution in [3.63, 3.8) is 0 Å². The maximum atomic E-state index is 14.4. The van der Waals surface area contributed by atoms with E-state index in [0.29, 0.717) is 29.7 Å². The van der Waals surface area contributed by atoms with Gasteiger partial charge in [-0.05, 0) is 51.9 Å². The van der Waals surface area contributed by atoms with Gasteiger partial charge in [-0.3, -0.25) is 0 Å². The lowest BCUT2D eigenvalue weighted by atomic mass is 9.85. The van der Waals surface area contributed by atoms with Crippen LogP contribution in [0.15, 0.2) is 16.9 Å². The Hall–Kier alpha value is -2.02. The SMILES string of the molecule is Cn1nnn(-c2cc(C(C)(C)C)c(F)cc2CCCO)c1=O. The van der Waals surface area contributed by atoms with Crippen molar-refractivity contribution in [2.75, 3.05) is 6.61 Å². The Kier molecular flexibility index (Phi) is 4.46. The van der Waals surface area contributed by atoms with Gasteiger partial charge in [-0.1, -0.05) is 20.8 Å². The molecule has 120 valence electrons. The van der Waals surface area contributed by atoms with Crippen molar-refractivity contribution in [3.05, 3.63) is 39.6 Å². The van der Waals surface area contributed by atoms with Crippen LogP contribution in [0.1, 0.15) is 38.3 Å². The standard InChI is InChI=1S/C15H21FN4O2/c1-15(2,3)11-9-13(20-14(22)19(4)17-18-20)10(6-5-7-21)8-12(11)16/h8-9,21H,5-7H2,1-4H3. The molecule has 0 unspecified atom stereocenters. The summed E-state index contributed by atoms with van der Waals surface area (Å²) in [7, 11) is 1.51. The molecular weight excluding hydrogens is 287 g/mol. The topological polar surface area (TPSA) is 72.9 Å². The van der Waals surface area contributed by atoms with Crippen LogP contribution in [-0.4, -0.2) is 31.5 Å². The Balaban J connectivity index is 2.67. The Morgan fingerprint density at radius 2 is 1.95 bits per heavy atom. The molecule has 0 aliphatic heterocycles. The van der Waals surface area contributed by atoms with Crippen molar-refractivity contribution < 1.29 is 9.50 Å². The molecule has 6 nitrogen and oxygen atoms in total. The van der Waals surface area contributed by atoms with E-state index in [4.69, 9.17) is 5.11 Å². The average Bonchev–Trinajstić information content (AvgIpc) is 2.75. The zero-order valence-electron chi connectivity index (χ0n) is 13.3. The van der Waals surface area contributed by atoms with E-state index < -0.39 is 11.1 Å². The van der Waals surface area contributed by atoms with E-state index in [1.165, 1.54) is 17.8 Å². The van der Waals surface area contributed by atoms with Gasteiger partial charge in [-0.25, -0.2) is 9.18 Å². The Morgan fingerprint density at radius 3 is 2.45 bits per heavy atom. The maximum Gasteiger partial charge on any atom is 0.368 e. The van der Waals surface area contributed by atoms with Crippen LogP contribution in [0.25, 0.3) is 5.69 Å². The number of aromatic nitrogens is 4. The van der Waals surface area contributed by atoms with Crippen molar-refractivity contribution in [2.24, 2.45) is 7.05 Å². The van der Waals surface area contributed by atoms with Crippen molar-refractivity contribution >= 4 is 0 Å². The van der Waals surface area contributed by atoms with E-state index in [1.54, 1.807) is 6.07 Å². The Labute approximate surface area is 128 Å². The van der Waals surface area contributed by atoms with Gasteiger partial charge in [-0.2, -0.15) is 9.36 Å². The molecule has 1 aromatic carbocycles. The third-order valence-electron chi connectivity index (χ3n) is 3.53. The second-order valence-corrected chi connectivity index (χ2v) is 6.33. The van der Waals surface area contributed by atoms with Crippen LogP contribution in [0.2, 0.25) is 0 Å². The summed E-state index contributed by atoms with van der Waals surface area (Å²) in [5.41, 5.74) is 0.852. The highest BCUT2D eigenvalue weighted by Gasteiger charge is 2.22. The molecule has 0 spiro atoms. The molecule has 1 heterocycles. The molecule has 2 aromatic rings. The summed E-state index contributed by atoms with van der Waals surface area (Å²) in [5, 5.41) is 16.5. The van der Waals surface area contributed by atoms with E-state index in [2.05, 4.69) is 10.4 Å². The second-order valence-electron chi connectivity index (χ2n) is 6.33. The lowest BCUT2D eigenvalue weighted by Gasteiger charge is -2.22. The van der Waals surface area contributed by atoms with Crippen LogP contribution in [0.5, 0.6) is 0 Å². The lowest BCUT2D eigenvalue weighted by Crippen LogP contribution is -2.24. The zero-order chi connectivity index (χ0) is 16.5. The first kappa shape index (κ1) is 16.4. The van der Waals surface area contributed by atoms with Gasteiger partial charge in [-0.15, -0.1) is 0 Å². The van der Waals surface area contributed by atoms with Gasteiger partial charge in [0, 0.05) is 13.7 Å². The lowest BCUT2D eigenvalue weighted by molar-refractivity contribution is 0.288. The molecule has 7 heteroatoms. The van der Waals surface area contributed by atoms with Gasteiger partial charge in [0.2, 0.25) is 0 Å². The molecular formula is C15H21FN4O2. The van der Waals surface area contributed by atoms with Crippen LogP contribution < -0.4 is 5.69 Å². The number of hydrogen-bond acceptors (Lipinski definition) is 4. The molecule has 0 radical (unpaired) electrons. The number of hydrogen-bond donors (Lipinski definition) is 1. The monoisotopic (exact) mass is 308 g/mol. The van der Waals surface area contributed by atoms with E-state index in [9.17, 15) is 9.18 Å². The molecule has 0 saturated heterocycles. The minimum absolute atomic E-state index is 0.00253. The predicted octanol–water partition coefficient (Wildman–Crippen LogP) is 1.33. The fraction of sp³-hybridized carbons (Fsp3) is 0.533. The molecule has 1 N–H and O–H groups in total. The largest absolute Gasteiger partial charge is 0.396 e. The van der Waals surface area contributed by atoms with Crippen LogP contribution >= 0.6 is 0 Å². The summed E-state index contributed by atoms with van der Waals surface area (Å²) < 4.78 is 16.7. The Bertz CT molecular complexity index is 728. The van der Waals surface area contributed by atoms with E-state index in [1.807, 2.05) is 20.8 Å². The maximum absolute atomic E-state index is 14.4. The first-order valence-corrected chi connectivity index (χ1v) is 7.19. The molecule has 0 aliphatic rings. The number of rotatable bonds is 4. The fourth-order valence-corrected chi connectivity index (χ4v) is 2.31. The van der Waals surface area contributed by atoms with E-state index >= 15 is 0 Å². The van der Waals surface area contributed by atoms with Gasteiger partial charge >= 0.3 is 5.69 Å². The van der Waals surface area contributed by atoms with Crippen molar-refractivity contribution in [1.29, 1.82) is 0 Å². The molecule has 0 atom stereocenters. The van der Waals surface area contributed by atoms with E-state index in [-0.39, 0.29) is 12.4 Å². The highest BCUT2D eigenvalue weighted by atomic mass is 19.1. The molecule has 0 amide bonds. The number of halogens is 1. The first-order chi connectivity index (χ1) is 10.3. The molecule has 0 fully saturated rings. The zero-order valence-corrected chi connectivity index (χ0v) is 13.3.